The fraction of sp³-hybridized carbons (Fsp3) is 0.300. The number of nitrogens with one attached hydrogen (secondary N) is 1. The smallest absolute Gasteiger partial charge is 0.354 e. The molecule has 2 aromatic rings. The number of hydrogen-bond acceptors (Lipinski definition) is 6. The molecule has 1 atom stereocenters. The molecule has 1 aliphatic rings. The molecule has 1 aliphatic heterocycles. The lowest BCUT2D eigenvalue weighted by Crippen LogP contribution is -2.19. The Morgan fingerprint density at radius 3 is 3.05 bits per heavy atom. The first kappa shape index (κ1) is 14.0. The largest absolute Gasteiger partial charge is 0.369 e. The molecule has 10 nitrogen and oxygen atoms in total. The second kappa shape index (κ2) is 4.78. The van der Waals surface area contributed by atoms with Crippen LogP contribution in [0.3, 0.4) is 0 Å². The number of nitrogen functional groups attached to an aromatic ring is 1. The molecule has 112 valence electrons. The molecule has 0 aromatic carbocycles. The van der Waals surface area contributed by atoms with Crippen molar-refractivity contribution in [1.29, 1.82) is 0 Å². The highest BCUT2D eigenvalue weighted by Gasteiger charge is 2.33. The summed E-state index contributed by atoms with van der Waals surface area (Å²) in [5, 5.41) is -0.0813. The van der Waals surface area contributed by atoms with E-state index in [1.54, 1.807) is 0 Å². The highest BCUT2D eigenvalue weighted by Crippen LogP contribution is 2.49. The van der Waals surface area contributed by atoms with E-state index in [1.807, 2.05) is 0 Å². The number of H-pyrrole nitrogens is 1. The normalized spacial score (nSPS) is 19.1. The van der Waals surface area contributed by atoms with Crippen molar-refractivity contribution in [3.05, 3.63) is 28.1 Å². The molecule has 0 saturated carbocycles. The minimum absolute atomic E-state index is 0.0626. The van der Waals surface area contributed by atoms with Crippen molar-refractivity contribution >= 4 is 24.7 Å². The van der Waals surface area contributed by atoms with Gasteiger partial charge in [0.1, 0.15) is 6.10 Å². The maximum atomic E-state index is 11.7. The molecular weight excluding hydrogens is 301 g/mol. The molecule has 0 amide bonds. The van der Waals surface area contributed by atoms with E-state index < -0.39 is 19.3 Å². The van der Waals surface area contributed by atoms with Crippen molar-refractivity contribution in [1.82, 2.24) is 19.5 Å². The standard InChI is InChI=1S/C10H12N5O5P/c11-10-13-8-7(9(16)14-10)12-4-15(8)3-5-6(1-2-20-5)21(17,18)19/h1,4-5H,2-3H2,(H2,17,18,19)(H3,11,13,14,16)/t5-/m1/s1. The molecule has 5 N–H and O–H groups in total. The Bertz CT molecular complexity index is 834. The van der Waals surface area contributed by atoms with Gasteiger partial charge in [-0.2, -0.15) is 4.98 Å². The molecule has 0 saturated heterocycles. The molecule has 21 heavy (non-hydrogen) atoms. The Hall–Kier alpha value is -2.00. The maximum absolute atomic E-state index is 11.7. The highest BCUT2D eigenvalue weighted by atomic mass is 31.2. The first-order valence-corrected chi connectivity index (χ1v) is 7.56. The van der Waals surface area contributed by atoms with Crippen LogP contribution in [0.2, 0.25) is 0 Å². The fourth-order valence-electron chi connectivity index (χ4n) is 2.20. The second-order valence-electron chi connectivity index (χ2n) is 4.52. The molecule has 0 fully saturated rings. The van der Waals surface area contributed by atoms with Crippen LogP contribution in [0.15, 0.2) is 22.5 Å². The summed E-state index contributed by atoms with van der Waals surface area (Å²) in [6.07, 6.45) is 1.91. The van der Waals surface area contributed by atoms with Crippen LogP contribution in [0.1, 0.15) is 0 Å². The number of nitrogens with two attached hydrogens (primary N) is 1. The van der Waals surface area contributed by atoms with E-state index in [2.05, 4.69) is 15.0 Å². The zero-order chi connectivity index (χ0) is 15.2. The number of anilines is 1. The molecule has 0 unspecified atom stereocenters. The summed E-state index contributed by atoms with van der Waals surface area (Å²) in [4.78, 5) is 40.4. The SMILES string of the molecule is Nc1nc2c(ncn2C[C@H]2OCC=C2P(=O)(O)O)c(=O)[nH]1. The summed E-state index contributed by atoms with van der Waals surface area (Å²) in [5.74, 6) is -0.0626. The lowest BCUT2D eigenvalue weighted by atomic mass is 10.3. The molecule has 3 heterocycles. The van der Waals surface area contributed by atoms with Crippen molar-refractivity contribution in [2.75, 3.05) is 12.3 Å². The number of aromatic nitrogens is 4. The minimum Gasteiger partial charge on any atom is -0.369 e. The summed E-state index contributed by atoms with van der Waals surface area (Å²) >= 11 is 0. The van der Waals surface area contributed by atoms with Crippen LogP contribution in [0, 0.1) is 0 Å². The number of aromatic amines is 1. The summed E-state index contributed by atoms with van der Waals surface area (Å²) in [6.45, 7) is 0.192. The van der Waals surface area contributed by atoms with Gasteiger partial charge in [-0.05, 0) is 6.08 Å². The monoisotopic (exact) mass is 313 g/mol. The van der Waals surface area contributed by atoms with Gasteiger partial charge >= 0.3 is 7.60 Å². The first-order chi connectivity index (χ1) is 9.86. The van der Waals surface area contributed by atoms with E-state index in [1.165, 1.54) is 17.0 Å². The van der Waals surface area contributed by atoms with Crippen LogP contribution in [0.4, 0.5) is 5.95 Å². The predicted molar refractivity (Wildman–Crippen MR) is 72.4 cm³/mol. The van der Waals surface area contributed by atoms with Crippen LogP contribution in [0.25, 0.3) is 11.2 Å². The third kappa shape index (κ3) is 2.49. The van der Waals surface area contributed by atoms with Gasteiger partial charge in [-0.3, -0.25) is 14.3 Å². The molecule has 3 rings (SSSR count). The zero-order valence-corrected chi connectivity index (χ0v) is 11.5. The number of rotatable bonds is 3. The third-order valence-electron chi connectivity index (χ3n) is 3.11. The Morgan fingerprint density at radius 1 is 1.57 bits per heavy atom. The third-order valence-corrected chi connectivity index (χ3v) is 4.25. The maximum Gasteiger partial charge on any atom is 0.354 e. The molecule has 11 heteroatoms. The van der Waals surface area contributed by atoms with Crippen LogP contribution in [0.5, 0.6) is 0 Å². The van der Waals surface area contributed by atoms with Gasteiger partial charge in [0.15, 0.2) is 11.2 Å². The number of nitrogens with zero attached hydrogens (tertiary/aromatic N) is 3. The average Bonchev–Trinajstić information content (AvgIpc) is 2.97. The number of ether oxygens (including phenoxy) is 1. The fourth-order valence-corrected chi connectivity index (χ4v) is 3.05. The second-order valence-corrected chi connectivity index (χ2v) is 6.12. The van der Waals surface area contributed by atoms with E-state index in [9.17, 15) is 19.1 Å². The average molecular weight is 313 g/mol. The van der Waals surface area contributed by atoms with E-state index in [4.69, 9.17) is 10.5 Å². The summed E-state index contributed by atoms with van der Waals surface area (Å²) < 4.78 is 18.1. The van der Waals surface area contributed by atoms with E-state index >= 15 is 0 Å². The number of imidazole rings is 1. The molecule has 2 aromatic heterocycles. The van der Waals surface area contributed by atoms with E-state index in [0.29, 0.717) is 0 Å². The summed E-state index contributed by atoms with van der Waals surface area (Å²) in [6, 6.07) is 0. The number of fused-ring (bicyclic) bond motifs is 1. The first-order valence-electron chi connectivity index (χ1n) is 5.94. The lowest BCUT2D eigenvalue weighted by Gasteiger charge is -2.16. The molecule has 0 bridgehead atoms. The van der Waals surface area contributed by atoms with E-state index in [-0.39, 0.29) is 35.6 Å². The van der Waals surface area contributed by atoms with Gasteiger partial charge in [0.2, 0.25) is 5.95 Å². The molecule has 0 aliphatic carbocycles. The summed E-state index contributed by atoms with van der Waals surface area (Å²) in [7, 11) is -4.38. The Kier molecular flexibility index (Phi) is 3.18. The van der Waals surface area contributed by atoms with Crippen molar-refractivity contribution in [3.63, 3.8) is 0 Å². The van der Waals surface area contributed by atoms with Crippen molar-refractivity contribution in [2.45, 2.75) is 12.6 Å². The van der Waals surface area contributed by atoms with Crippen molar-refractivity contribution in [3.8, 4) is 0 Å². The van der Waals surface area contributed by atoms with Crippen LogP contribution in [-0.2, 0) is 15.8 Å². The van der Waals surface area contributed by atoms with Gasteiger partial charge in [0.25, 0.3) is 5.56 Å². The summed E-state index contributed by atoms with van der Waals surface area (Å²) in [5.41, 5.74) is 5.34. The quantitative estimate of drug-likeness (QED) is 0.534. The van der Waals surface area contributed by atoms with Gasteiger partial charge < -0.3 is 24.8 Å². The van der Waals surface area contributed by atoms with Gasteiger partial charge in [0.05, 0.1) is 24.8 Å². The predicted octanol–water partition coefficient (Wildman–Crippen LogP) is -0.838. The Morgan fingerprint density at radius 2 is 2.33 bits per heavy atom. The topological polar surface area (TPSA) is 156 Å². The molecule has 0 radical (unpaired) electrons. The lowest BCUT2D eigenvalue weighted by molar-refractivity contribution is 0.111. The van der Waals surface area contributed by atoms with Gasteiger partial charge in [-0.15, -0.1) is 0 Å². The Balaban J connectivity index is 1.98. The van der Waals surface area contributed by atoms with Gasteiger partial charge in [0, 0.05) is 0 Å². The van der Waals surface area contributed by atoms with Crippen LogP contribution >= 0.6 is 7.60 Å². The van der Waals surface area contributed by atoms with Gasteiger partial charge in [-0.25, -0.2) is 4.98 Å². The van der Waals surface area contributed by atoms with Crippen molar-refractivity contribution in [2.24, 2.45) is 0 Å². The molecular formula is C10H12N5O5P. The molecule has 0 spiro atoms. The number of hydrogen-bond donors (Lipinski definition) is 4. The highest BCUT2D eigenvalue weighted by molar-refractivity contribution is 7.56. The van der Waals surface area contributed by atoms with E-state index in [0.717, 1.165) is 0 Å². The van der Waals surface area contributed by atoms with Crippen LogP contribution in [-0.4, -0.2) is 42.0 Å². The van der Waals surface area contributed by atoms with Gasteiger partial charge in [-0.1, -0.05) is 0 Å². The van der Waals surface area contributed by atoms with Crippen molar-refractivity contribution < 1.29 is 19.1 Å². The Labute approximate surface area is 117 Å². The minimum atomic E-state index is -4.38. The van der Waals surface area contributed by atoms with Crippen LogP contribution < -0.4 is 11.3 Å². The zero-order valence-electron chi connectivity index (χ0n) is 10.6.